The predicted octanol–water partition coefficient (Wildman–Crippen LogP) is 4.59. The standard InChI is InChI=1S/C21H15NO3/c23-13-16-1-7-19(8-2-16)22(20-9-3-17(14-24)4-10-20)21-11-5-18(15-25)6-12-21/h1-15H. The van der Waals surface area contributed by atoms with Crippen molar-refractivity contribution in [2.24, 2.45) is 0 Å². The van der Waals surface area contributed by atoms with Crippen LogP contribution in [-0.2, 0) is 0 Å². The largest absolute Gasteiger partial charge is 0.311 e. The highest BCUT2D eigenvalue weighted by Gasteiger charge is 2.12. The highest BCUT2D eigenvalue weighted by molar-refractivity contribution is 5.83. The van der Waals surface area contributed by atoms with Crippen LogP contribution in [0.15, 0.2) is 72.8 Å². The minimum atomic E-state index is 0.594. The zero-order valence-corrected chi connectivity index (χ0v) is 13.3. The van der Waals surface area contributed by atoms with E-state index in [1.807, 2.05) is 41.3 Å². The van der Waals surface area contributed by atoms with E-state index < -0.39 is 0 Å². The van der Waals surface area contributed by atoms with Crippen LogP contribution in [0.5, 0.6) is 0 Å². The Bertz CT molecular complexity index is 759. The monoisotopic (exact) mass is 329 g/mol. The van der Waals surface area contributed by atoms with Crippen molar-refractivity contribution >= 4 is 35.9 Å². The van der Waals surface area contributed by atoms with E-state index in [9.17, 15) is 14.4 Å². The van der Waals surface area contributed by atoms with Crippen LogP contribution < -0.4 is 4.90 Å². The third-order valence-corrected chi connectivity index (χ3v) is 3.86. The molecule has 0 aliphatic carbocycles. The van der Waals surface area contributed by atoms with Crippen LogP contribution in [0.25, 0.3) is 0 Å². The molecule has 0 radical (unpaired) electrons. The maximum atomic E-state index is 10.9. The first kappa shape index (κ1) is 16.3. The molecule has 0 aliphatic heterocycles. The molecular weight excluding hydrogens is 314 g/mol. The minimum Gasteiger partial charge on any atom is -0.311 e. The van der Waals surface area contributed by atoms with Crippen molar-refractivity contribution in [1.82, 2.24) is 0 Å². The van der Waals surface area contributed by atoms with Gasteiger partial charge in [0.15, 0.2) is 0 Å². The highest BCUT2D eigenvalue weighted by atomic mass is 16.1. The fraction of sp³-hybridized carbons (Fsp3) is 0. The van der Waals surface area contributed by atoms with Crippen LogP contribution in [0.3, 0.4) is 0 Å². The summed E-state index contributed by atoms with van der Waals surface area (Å²) < 4.78 is 0. The molecule has 3 aromatic rings. The molecule has 0 saturated carbocycles. The number of aldehydes is 3. The first-order valence-electron chi connectivity index (χ1n) is 7.71. The van der Waals surface area contributed by atoms with Crippen molar-refractivity contribution in [2.75, 3.05) is 4.90 Å². The lowest BCUT2D eigenvalue weighted by Crippen LogP contribution is -2.10. The molecule has 0 aliphatic rings. The Morgan fingerprint density at radius 3 is 0.880 bits per heavy atom. The maximum Gasteiger partial charge on any atom is 0.150 e. The average molecular weight is 329 g/mol. The third-order valence-electron chi connectivity index (χ3n) is 3.86. The number of hydrogen-bond donors (Lipinski definition) is 0. The fourth-order valence-electron chi connectivity index (χ4n) is 2.55. The van der Waals surface area contributed by atoms with Gasteiger partial charge in [-0.25, -0.2) is 0 Å². The molecule has 0 saturated heterocycles. The summed E-state index contributed by atoms with van der Waals surface area (Å²) in [5.74, 6) is 0. The number of carbonyl (C=O) groups excluding carboxylic acids is 3. The van der Waals surface area contributed by atoms with Crippen LogP contribution in [0.2, 0.25) is 0 Å². The van der Waals surface area contributed by atoms with Gasteiger partial charge in [0.05, 0.1) is 0 Å². The number of nitrogens with zero attached hydrogens (tertiary/aromatic N) is 1. The van der Waals surface area contributed by atoms with E-state index >= 15 is 0 Å². The van der Waals surface area contributed by atoms with Gasteiger partial charge in [0.1, 0.15) is 18.9 Å². The Hall–Kier alpha value is -3.53. The molecule has 0 unspecified atom stereocenters. The molecule has 0 amide bonds. The van der Waals surface area contributed by atoms with Gasteiger partial charge in [-0.15, -0.1) is 0 Å². The van der Waals surface area contributed by atoms with Crippen molar-refractivity contribution in [2.45, 2.75) is 0 Å². The van der Waals surface area contributed by atoms with E-state index in [4.69, 9.17) is 0 Å². The van der Waals surface area contributed by atoms with Crippen LogP contribution in [0.4, 0.5) is 17.1 Å². The Morgan fingerprint density at radius 1 is 0.440 bits per heavy atom. The minimum absolute atomic E-state index is 0.594. The normalized spacial score (nSPS) is 10.1. The topological polar surface area (TPSA) is 54.5 Å². The molecule has 4 nitrogen and oxygen atoms in total. The van der Waals surface area contributed by atoms with Gasteiger partial charge in [-0.2, -0.15) is 0 Å². The van der Waals surface area contributed by atoms with Crippen molar-refractivity contribution in [3.8, 4) is 0 Å². The number of anilines is 3. The summed E-state index contributed by atoms with van der Waals surface area (Å²) in [6, 6.07) is 21.6. The molecule has 0 fully saturated rings. The Balaban J connectivity index is 2.09. The number of carbonyl (C=O) groups is 3. The molecule has 0 bridgehead atoms. The van der Waals surface area contributed by atoms with Crippen molar-refractivity contribution in [1.29, 1.82) is 0 Å². The Labute approximate surface area is 145 Å². The molecule has 0 heterocycles. The molecule has 4 heteroatoms. The summed E-state index contributed by atoms with van der Waals surface area (Å²) in [7, 11) is 0. The van der Waals surface area contributed by atoms with Gasteiger partial charge in [-0.05, 0) is 72.8 Å². The maximum absolute atomic E-state index is 10.9. The van der Waals surface area contributed by atoms with Crippen molar-refractivity contribution < 1.29 is 14.4 Å². The zero-order valence-electron chi connectivity index (χ0n) is 13.3. The average Bonchev–Trinajstić information content (AvgIpc) is 2.70. The van der Waals surface area contributed by atoms with Gasteiger partial charge in [0.2, 0.25) is 0 Å². The van der Waals surface area contributed by atoms with E-state index in [1.54, 1.807) is 36.4 Å². The first-order chi connectivity index (χ1) is 12.2. The van der Waals surface area contributed by atoms with Crippen LogP contribution in [0, 0.1) is 0 Å². The first-order valence-corrected chi connectivity index (χ1v) is 7.71. The Morgan fingerprint density at radius 2 is 0.680 bits per heavy atom. The fourth-order valence-corrected chi connectivity index (χ4v) is 2.55. The van der Waals surface area contributed by atoms with Crippen LogP contribution in [0.1, 0.15) is 31.1 Å². The molecule has 0 atom stereocenters. The molecule has 25 heavy (non-hydrogen) atoms. The molecule has 0 spiro atoms. The van der Waals surface area contributed by atoms with Gasteiger partial charge >= 0.3 is 0 Å². The molecular formula is C21H15NO3. The lowest BCUT2D eigenvalue weighted by Gasteiger charge is -2.25. The second-order valence-electron chi connectivity index (χ2n) is 5.46. The van der Waals surface area contributed by atoms with Crippen LogP contribution in [-0.4, -0.2) is 18.9 Å². The van der Waals surface area contributed by atoms with Crippen molar-refractivity contribution in [3.05, 3.63) is 89.5 Å². The van der Waals surface area contributed by atoms with E-state index in [-0.39, 0.29) is 0 Å². The summed E-state index contributed by atoms with van der Waals surface area (Å²) in [6.45, 7) is 0. The summed E-state index contributed by atoms with van der Waals surface area (Å²) in [4.78, 5) is 34.7. The second-order valence-corrected chi connectivity index (χ2v) is 5.46. The lowest BCUT2D eigenvalue weighted by molar-refractivity contribution is 0.111. The summed E-state index contributed by atoms with van der Waals surface area (Å²) in [5, 5.41) is 0. The van der Waals surface area contributed by atoms with Crippen molar-refractivity contribution in [3.63, 3.8) is 0 Å². The van der Waals surface area contributed by atoms with E-state index in [0.717, 1.165) is 35.9 Å². The Kier molecular flexibility index (Phi) is 4.81. The summed E-state index contributed by atoms with van der Waals surface area (Å²) in [5.41, 5.74) is 4.37. The van der Waals surface area contributed by atoms with Gasteiger partial charge < -0.3 is 4.90 Å². The smallest absolute Gasteiger partial charge is 0.150 e. The molecule has 122 valence electrons. The quantitative estimate of drug-likeness (QED) is 0.621. The second kappa shape index (κ2) is 7.36. The number of rotatable bonds is 6. The molecule has 3 rings (SSSR count). The number of hydrogen-bond acceptors (Lipinski definition) is 4. The highest BCUT2D eigenvalue weighted by Crippen LogP contribution is 2.34. The predicted molar refractivity (Wildman–Crippen MR) is 97.3 cm³/mol. The molecule has 3 aromatic carbocycles. The molecule has 0 N–H and O–H groups in total. The van der Waals surface area contributed by atoms with Crippen LogP contribution >= 0.6 is 0 Å². The molecule has 0 aromatic heterocycles. The van der Waals surface area contributed by atoms with E-state index in [0.29, 0.717) is 16.7 Å². The van der Waals surface area contributed by atoms with Gasteiger partial charge in [-0.1, -0.05) is 0 Å². The number of benzene rings is 3. The lowest BCUT2D eigenvalue weighted by atomic mass is 10.1. The third kappa shape index (κ3) is 3.53. The van der Waals surface area contributed by atoms with E-state index in [1.165, 1.54) is 0 Å². The van der Waals surface area contributed by atoms with Gasteiger partial charge in [-0.3, -0.25) is 14.4 Å². The summed E-state index contributed by atoms with van der Waals surface area (Å²) in [6.07, 6.45) is 2.39. The van der Waals surface area contributed by atoms with Gasteiger partial charge in [0.25, 0.3) is 0 Å². The van der Waals surface area contributed by atoms with E-state index in [2.05, 4.69) is 0 Å². The summed E-state index contributed by atoms with van der Waals surface area (Å²) >= 11 is 0. The SMILES string of the molecule is O=Cc1ccc(N(c2ccc(C=O)cc2)c2ccc(C=O)cc2)cc1. The van der Waals surface area contributed by atoms with Gasteiger partial charge in [0, 0.05) is 33.8 Å². The zero-order chi connectivity index (χ0) is 17.6.